The van der Waals surface area contributed by atoms with Gasteiger partial charge >= 0.3 is 17.4 Å². The topological polar surface area (TPSA) is 185 Å². The molecule has 8 aromatic heterocycles. The number of nitrogens with zero attached hydrogens (tertiary/aromatic N) is 12. The Kier molecular flexibility index (Phi) is 11.4. The molecule has 0 aliphatic carbocycles. The van der Waals surface area contributed by atoms with Crippen molar-refractivity contribution in [2.75, 3.05) is 51.5 Å². The van der Waals surface area contributed by atoms with E-state index in [-0.39, 0.29) is 17.9 Å². The molecule has 4 aliphatic heterocycles. The molecule has 4 aliphatic rings. The molecule has 336 valence electrons. The number of hydrogen-bond acceptors (Lipinski definition) is 13. The SMILES string of the molecule is Cc1ccc(-c2cc(C)c3c(n2)N(C(=O)Nc2ccccn2)[C@H]2CCN3C2)cn1.Cc1ccc(-c2cc(C)c3c(n2)N[C@H]2CCN3C2)cn1.O=c1nc2ccccn2c(=O)n1-c1ccccn1. The molecule has 2 N–H and O–H groups in total. The van der Waals surface area contributed by atoms with Crippen LogP contribution in [0, 0.1) is 27.7 Å². The van der Waals surface area contributed by atoms with Gasteiger partial charge in [0.05, 0.1) is 28.8 Å². The Morgan fingerprint density at radius 2 is 1.36 bits per heavy atom. The van der Waals surface area contributed by atoms with Crippen LogP contribution in [0.3, 0.4) is 0 Å². The number of aryl methyl sites for hydroxylation is 4. The molecule has 2 saturated heterocycles. The van der Waals surface area contributed by atoms with E-state index in [1.54, 1.807) is 54.9 Å². The van der Waals surface area contributed by atoms with E-state index in [1.807, 2.05) is 61.5 Å². The van der Waals surface area contributed by atoms with Gasteiger partial charge in [0.1, 0.15) is 17.3 Å². The maximum Gasteiger partial charge on any atom is 0.359 e. The molecule has 0 unspecified atom stereocenters. The van der Waals surface area contributed by atoms with E-state index in [9.17, 15) is 14.4 Å². The number of hydrogen-bond donors (Lipinski definition) is 2. The van der Waals surface area contributed by atoms with Crippen molar-refractivity contribution in [3.63, 3.8) is 0 Å². The largest absolute Gasteiger partial charge is 0.366 e. The average molecular weight is 893 g/mol. The minimum atomic E-state index is -0.634. The van der Waals surface area contributed by atoms with E-state index in [1.165, 1.54) is 28.3 Å². The normalized spacial score (nSPS) is 16.2. The van der Waals surface area contributed by atoms with Crippen LogP contribution in [0.25, 0.3) is 34.0 Å². The molecular weight excluding hydrogens is 845 g/mol. The quantitative estimate of drug-likeness (QED) is 0.188. The second-order valence-electron chi connectivity index (χ2n) is 17.0. The highest BCUT2D eigenvalue weighted by Crippen LogP contribution is 2.43. The molecule has 0 saturated carbocycles. The van der Waals surface area contributed by atoms with E-state index in [0.717, 1.165) is 88.1 Å². The summed E-state index contributed by atoms with van der Waals surface area (Å²) in [6, 6.07) is 28.3. The minimum absolute atomic E-state index is 0.101. The fourth-order valence-electron chi connectivity index (χ4n) is 9.09. The van der Waals surface area contributed by atoms with Crippen LogP contribution in [-0.4, -0.2) is 88.1 Å². The van der Waals surface area contributed by atoms with Gasteiger partial charge in [-0.1, -0.05) is 18.2 Å². The number of amides is 2. The fourth-order valence-corrected chi connectivity index (χ4v) is 9.09. The van der Waals surface area contributed by atoms with Crippen LogP contribution in [0.5, 0.6) is 0 Å². The summed E-state index contributed by atoms with van der Waals surface area (Å²) in [5.41, 5.74) is 9.77. The first kappa shape index (κ1) is 42.6. The second-order valence-corrected chi connectivity index (χ2v) is 17.0. The summed E-state index contributed by atoms with van der Waals surface area (Å²) in [6.45, 7) is 12.2. The molecule has 17 heteroatoms. The van der Waals surface area contributed by atoms with Crippen molar-refractivity contribution in [3.8, 4) is 28.3 Å². The predicted molar refractivity (Wildman–Crippen MR) is 259 cm³/mol. The van der Waals surface area contributed by atoms with Gasteiger partial charge in [0, 0.05) is 85.7 Å². The van der Waals surface area contributed by atoms with Crippen molar-refractivity contribution in [2.45, 2.75) is 52.6 Å². The summed E-state index contributed by atoms with van der Waals surface area (Å²) in [4.78, 5) is 74.4. The van der Waals surface area contributed by atoms with Gasteiger partial charge in [-0.25, -0.2) is 34.3 Å². The zero-order chi connectivity index (χ0) is 46.2. The van der Waals surface area contributed by atoms with Crippen molar-refractivity contribution in [3.05, 3.63) is 165 Å². The zero-order valence-electron chi connectivity index (χ0n) is 37.5. The summed E-state index contributed by atoms with van der Waals surface area (Å²) < 4.78 is 2.24. The molecule has 17 nitrogen and oxygen atoms in total. The van der Waals surface area contributed by atoms with Crippen LogP contribution < -0.4 is 36.7 Å². The van der Waals surface area contributed by atoms with Gasteiger partial charge in [-0.05, 0) is 124 Å². The molecule has 0 radical (unpaired) electrons. The molecule has 0 aromatic carbocycles. The highest BCUT2D eigenvalue weighted by Gasteiger charge is 2.41. The summed E-state index contributed by atoms with van der Waals surface area (Å²) in [7, 11) is 0. The number of pyridine rings is 7. The predicted octanol–water partition coefficient (Wildman–Crippen LogP) is 6.79. The fraction of sp³-hybridized carbons (Fsp3) is 0.240. The molecule has 67 heavy (non-hydrogen) atoms. The third-order valence-electron chi connectivity index (χ3n) is 12.3. The standard InChI is InChI=1S/C22H22N6O.C16H18N4.C12H8N4O2/c1-14-11-18(16-7-6-15(2)24-12-16)25-21-20(14)27-10-8-17(13-27)28(21)22(29)26-19-5-3-4-9-23-19;1-10-7-14(12-4-3-11(2)17-8-12)19-16-15(10)20-6-5-13(9-20)18-16;17-11-14-10-6-2-4-8-15(10)12(18)16(11)9-5-1-3-7-13-9/h3-7,9,11-12,17H,8,10,13H2,1-2H3,(H,23,26,29);3-4,7-8,13H,5-6,9H2,1-2H3,(H,18,19);1-8H/t17-;13-;/m00./s1. The van der Waals surface area contributed by atoms with Gasteiger partial charge in [-0.15, -0.1) is 0 Å². The lowest BCUT2D eigenvalue weighted by atomic mass is 10.1. The first-order valence-electron chi connectivity index (χ1n) is 22.3. The monoisotopic (exact) mass is 892 g/mol. The number of nitrogens with one attached hydrogen (secondary N) is 2. The third-order valence-corrected chi connectivity index (χ3v) is 12.3. The zero-order valence-corrected chi connectivity index (χ0v) is 37.5. The van der Waals surface area contributed by atoms with E-state index >= 15 is 0 Å². The smallest absolute Gasteiger partial charge is 0.359 e. The maximum absolute atomic E-state index is 13.2. The molecule has 2 atom stereocenters. The van der Waals surface area contributed by atoms with Gasteiger partial charge in [0.25, 0.3) is 0 Å². The van der Waals surface area contributed by atoms with Crippen LogP contribution in [0.2, 0.25) is 0 Å². The van der Waals surface area contributed by atoms with Crippen molar-refractivity contribution >= 4 is 40.5 Å². The third kappa shape index (κ3) is 8.54. The summed E-state index contributed by atoms with van der Waals surface area (Å²) in [5, 5.41) is 6.50. The number of urea groups is 1. The van der Waals surface area contributed by atoms with E-state index in [2.05, 4.69) is 77.4 Å². The van der Waals surface area contributed by atoms with Gasteiger partial charge in [-0.3, -0.25) is 24.6 Å². The summed E-state index contributed by atoms with van der Waals surface area (Å²) in [6.07, 6.45) is 10.6. The van der Waals surface area contributed by atoms with Crippen LogP contribution in [0.15, 0.2) is 132 Å². The minimum Gasteiger partial charge on any atom is -0.366 e. The van der Waals surface area contributed by atoms with Crippen molar-refractivity contribution in [1.82, 2.24) is 43.9 Å². The number of aromatic nitrogens is 9. The van der Waals surface area contributed by atoms with Gasteiger partial charge in [-0.2, -0.15) is 9.55 Å². The molecule has 2 fully saturated rings. The lowest BCUT2D eigenvalue weighted by molar-refractivity contribution is 0.254. The Hall–Kier alpha value is -8.34. The molecule has 4 bridgehead atoms. The first-order valence-corrected chi connectivity index (χ1v) is 22.3. The van der Waals surface area contributed by atoms with Crippen LogP contribution in [-0.2, 0) is 0 Å². The molecule has 12 heterocycles. The number of anilines is 5. The van der Waals surface area contributed by atoms with Crippen LogP contribution in [0.4, 0.5) is 33.6 Å². The Morgan fingerprint density at radius 1 is 0.687 bits per heavy atom. The van der Waals surface area contributed by atoms with E-state index in [0.29, 0.717) is 23.3 Å². The van der Waals surface area contributed by atoms with Crippen molar-refractivity contribution < 1.29 is 4.79 Å². The number of rotatable bonds is 4. The highest BCUT2D eigenvalue weighted by molar-refractivity contribution is 6.04. The van der Waals surface area contributed by atoms with E-state index < -0.39 is 11.4 Å². The Balaban J connectivity index is 0.000000122. The van der Waals surface area contributed by atoms with Crippen molar-refractivity contribution in [2.24, 2.45) is 0 Å². The molecule has 12 rings (SSSR count). The van der Waals surface area contributed by atoms with Gasteiger partial charge in [0.15, 0.2) is 11.6 Å². The van der Waals surface area contributed by atoms with Crippen molar-refractivity contribution in [1.29, 1.82) is 0 Å². The van der Waals surface area contributed by atoms with Crippen LogP contribution >= 0.6 is 0 Å². The lowest BCUT2D eigenvalue weighted by Gasteiger charge is -2.36. The molecular formula is C50H48N14O3. The number of carbonyl (C=O) groups is 1. The first-order chi connectivity index (χ1) is 32.6. The summed E-state index contributed by atoms with van der Waals surface area (Å²) >= 11 is 0. The Morgan fingerprint density at radius 3 is 2.04 bits per heavy atom. The maximum atomic E-state index is 13.2. The molecule has 0 spiro atoms. The van der Waals surface area contributed by atoms with Gasteiger partial charge in [0.2, 0.25) is 0 Å². The second kappa shape index (κ2) is 17.9. The highest BCUT2D eigenvalue weighted by atomic mass is 16.2. The lowest BCUT2D eigenvalue weighted by Crippen LogP contribution is -2.48. The number of fused-ring (bicyclic) bond motifs is 9. The Labute approximate surface area is 385 Å². The summed E-state index contributed by atoms with van der Waals surface area (Å²) in [5.74, 6) is 2.55. The molecule has 8 aromatic rings. The molecule has 2 amide bonds. The number of carbonyl (C=O) groups excluding carboxylic acids is 1. The Bertz CT molecular complexity index is 3240. The van der Waals surface area contributed by atoms with Gasteiger partial charge < -0.3 is 15.1 Å². The van der Waals surface area contributed by atoms with Crippen LogP contribution in [0.1, 0.15) is 35.4 Å². The average Bonchev–Trinajstić information content (AvgIpc) is 3.92. The van der Waals surface area contributed by atoms with E-state index in [4.69, 9.17) is 9.97 Å².